The summed E-state index contributed by atoms with van der Waals surface area (Å²) in [4.78, 5) is 39.0. The Balaban J connectivity index is 1.44. The monoisotopic (exact) mass is 414 g/mol. The fourth-order valence-electron chi connectivity index (χ4n) is 3.62. The maximum Gasteiger partial charge on any atom is 0.266 e. The van der Waals surface area contributed by atoms with Crippen LogP contribution in [0.3, 0.4) is 0 Å². The first-order valence-corrected chi connectivity index (χ1v) is 10.2. The Kier molecular flexibility index (Phi) is 5.80. The number of imide groups is 1. The first-order chi connectivity index (χ1) is 15.1. The Morgan fingerprint density at radius 3 is 2.29 bits per heavy atom. The van der Waals surface area contributed by atoms with Gasteiger partial charge in [0.05, 0.1) is 23.4 Å². The molecule has 0 saturated heterocycles. The van der Waals surface area contributed by atoms with Gasteiger partial charge < -0.3 is 10.1 Å². The molecule has 1 heterocycles. The number of nitrogens with one attached hydrogen (secondary N) is 1. The van der Waals surface area contributed by atoms with Crippen molar-refractivity contribution >= 4 is 29.1 Å². The minimum absolute atomic E-state index is 0.161. The molecule has 0 unspecified atom stereocenters. The molecule has 3 amide bonds. The van der Waals surface area contributed by atoms with Crippen molar-refractivity contribution in [3.05, 3.63) is 89.5 Å². The molecule has 0 radical (unpaired) electrons. The molecule has 1 aliphatic heterocycles. The number of nitrogens with zero attached hydrogens (tertiary/aromatic N) is 1. The van der Waals surface area contributed by atoms with Crippen molar-refractivity contribution in [3.63, 3.8) is 0 Å². The molecule has 0 saturated carbocycles. The van der Waals surface area contributed by atoms with Crippen molar-refractivity contribution in [2.75, 3.05) is 16.8 Å². The molecule has 0 aromatic heterocycles. The van der Waals surface area contributed by atoms with Crippen molar-refractivity contribution in [2.24, 2.45) is 0 Å². The van der Waals surface area contributed by atoms with E-state index < -0.39 is 0 Å². The van der Waals surface area contributed by atoms with Gasteiger partial charge in [0.1, 0.15) is 5.75 Å². The summed E-state index contributed by atoms with van der Waals surface area (Å²) < 4.78 is 5.61. The van der Waals surface area contributed by atoms with Crippen LogP contribution in [-0.2, 0) is 11.2 Å². The van der Waals surface area contributed by atoms with Crippen LogP contribution in [-0.4, -0.2) is 24.3 Å². The van der Waals surface area contributed by atoms with Crippen LogP contribution in [0.25, 0.3) is 0 Å². The second-order valence-corrected chi connectivity index (χ2v) is 7.13. The summed E-state index contributed by atoms with van der Waals surface area (Å²) in [5.41, 5.74) is 2.69. The van der Waals surface area contributed by atoms with Crippen LogP contribution in [0, 0.1) is 0 Å². The molecule has 3 aromatic rings. The summed E-state index contributed by atoms with van der Waals surface area (Å²) >= 11 is 0. The van der Waals surface area contributed by atoms with Crippen LogP contribution in [0.5, 0.6) is 5.75 Å². The number of amides is 3. The van der Waals surface area contributed by atoms with Gasteiger partial charge in [-0.15, -0.1) is 0 Å². The number of hydrogen-bond acceptors (Lipinski definition) is 4. The van der Waals surface area contributed by atoms with E-state index in [1.165, 1.54) is 0 Å². The Bertz CT molecular complexity index is 1120. The highest BCUT2D eigenvalue weighted by Gasteiger charge is 2.36. The standard InChI is InChI=1S/C25H22N2O4/c1-2-31-22-13-6-3-8-17(22)14-15-23(28)26-18-9-7-10-19(16-18)27-24(29)20-11-4-5-12-21(20)25(27)30/h3-13,16H,2,14-15H2,1H3,(H,26,28). The van der Waals surface area contributed by atoms with Crippen LogP contribution in [0.2, 0.25) is 0 Å². The molecule has 0 atom stereocenters. The lowest BCUT2D eigenvalue weighted by Gasteiger charge is -2.15. The van der Waals surface area contributed by atoms with E-state index >= 15 is 0 Å². The minimum Gasteiger partial charge on any atom is -0.494 e. The number of carbonyl (C=O) groups excluding carboxylic acids is 3. The van der Waals surface area contributed by atoms with E-state index in [-0.39, 0.29) is 24.1 Å². The summed E-state index contributed by atoms with van der Waals surface area (Å²) in [6, 6.07) is 21.1. The highest BCUT2D eigenvalue weighted by molar-refractivity contribution is 6.34. The highest BCUT2D eigenvalue weighted by atomic mass is 16.5. The van der Waals surface area contributed by atoms with E-state index in [1.54, 1.807) is 48.5 Å². The van der Waals surface area contributed by atoms with Gasteiger partial charge >= 0.3 is 0 Å². The summed E-state index contributed by atoms with van der Waals surface area (Å²) in [7, 11) is 0. The van der Waals surface area contributed by atoms with Gasteiger partial charge in [0.15, 0.2) is 0 Å². The Hall–Kier alpha value is -3.93. The topological polar surface area (TPSA) is 75.7 Å². The second-order valence-electron chi connectivity index (χ2n) is 7.13. The van der Waals surface area contributed by atoms with Gasteiger partial charge in [-0.05, 0) is 55.3 Å². The van der Waals surface area contributed by atoms with E-state index in [0.717, 1.165) is 16.2 Å². The van der Waals surface area contributed by atoms with Gasteiger partial charge in [-0.1, -0.05) is 36.4 Å². The van der Waals surface area contributed by atoms with Crippen molar-refractivity contribution < 1.29 is 19.1 Å². The third-order valence-corrected chi connectivity index (χ3v) is 5.08. The van der Waals surface area contributed by atoms with Crippen LogP contribution < -0.4 is 15.0 Å². The van der Waals surface area contributed by atoms with Gasteiger partial charge in [-0.2, -0.15) is 0 Å². The van der Waals surface area contributed by atoms with Crippen molar-refractivity contribution in [3.8, 4) is 5.75 Å². The predicted octanol–water partition coefficient (Wildman–Crippen LogP) is 4.46. The Morgan fingerprint density at radius 2 is 1.58 bits per heavy atom. The molecule has 0 aliphatic carbocycles. The predicted molar refractivity (Wildman–Crippen MR) is 119 cm³/mol. The first-order valence-electron chi connectivity index (χ1n) is 10.2. The second kappa shape index (κ2) is 8.83. The molecule has 31 heavy (non-hydrogen) atoms. The number of aryl methyl sites for hydroxylation is 1. The van der Waals surface area contributed by atoms with Crippen molar-refractivity contribution in [1.82, 2.24) is 0 Å². The average molecular weight is 414 g/mol. The fourth-order valence-corrected chi connectivity index (χ4v) is 3.62. The lowest BCUT2D eigenvalue weighted by molar-refractivity contribution is -0.116. The normalized spacial score (nSPS) is 12.6. The molecular weight excluding hydrogens is 392 g/mol. The van der Waals surface area contributed by atoms with Gasteiger partial charge in [0, 0.05) is 12.1 Å². The largest absolute Gasteiger partial charge is 0.494 e. The SMILES string of the molecule is CCOc1ccccc1CCC(=O)Nc1cccc(N2C(=O)c3ccccc3C2=O)c1. The van der Waals surface area contributed by atoms with Gasteiger partial charge in [-0.25, -0.2) is 4.90 Å². The number of benzene rings is 3. The van der Waals surface area contributed by atoms with Crippen molar-refractivity contribution in [1.29, 1.82) is 0 Å². The number of rotatable bonds is 7. The summed E-state index contributed by atoms with van der Waals surface area (Å²) in [5, 5.41) is 2.85. The maximum absolute atomic E-state index is 12.7. The maximum atomic E-state index is 12.7. The van der Waals surface area contributed by atoms with Crippen LogP contribution in [0.1, 0.15) is 39.6 Å². The molecule has 6 heteroatoms. The Morgan fingerprint density at radius 1 is 0.903 bits per heavy atom. The first kappa shape index (κ1) is 20.3. The molecule has 1 aliphatic rings. The van der Waals surface area contributed by atoms with Crippen LogP contribution >= 0.6 is 0 Å². The number of hydrogen-bond donors (Lipinski definition) is 1. The molecule has 3 aromatic carbocycles. The smallest absolute Gasteiger partial charge is 0.266 e. The zero-order valence-corrected chi connectivity index (χ0v) is 17.1. The molecule has 0 bridgehead atoms. The molecule has 0 spiro atoms. The van der Waals surface area contributed by atoms with E-state index in [0.29, 0.717) is 35.5 Å². The molecule has 0 fully saturated rings. The molecule has 4 rings (SSSR count). The third-order valence-electron chi connectivity index (χ3n) is 5.08. The Labute approximate surface area is 180 Å². The molecule has 6 nitrogen and oxygen atoms in total. The molecule has 1 N–H and O–H groups in total. The average Bonchev–Trinajstić information content (AvgIpc) is 3.04. The van der Waals surface area contributed by atoms with E-state index in [2.05, 4.69) is 5.32 Å². The van der Waals surface area contributed by atoms with E-state index in [1.807, 2.05) is 31.2 Å². The molecular formula is C25H22N2O4. The lowest BCUT2D eigenvalue weighted by Crippen LogP contribution is -2.29. The fraction of sp³-hybridized carbons (Fsp3) is 0.160. The summed E-state index contributed by atoms with van der Waals surface area (Å²) in [6.07, 6.45) is 0.821. The van der Waals surface area contributed by atoms with Crippen LogP contribution in [0.4, 0.5) is 11.4 Å². The van der Waals surface area contributed by atoms with Gasteiger partial charge in [-0.3, -0.25) is 14.4 Å². The number of fused-ring (bicyclic) bond motifs is 1. The van der Waals surface area contributed by atoms with E-state index in [9.17, 15) is 14.4 Å². The zero-order chi connectivity index (χ0) is 21.8. The zero-order valence-electron chi connectivity index (χ0n) is 17.1. The number of carbonyl (C=O) groups is 3. The third kappa shape index (κ3) is 4.19. The summed E-state index contributed by atoms with van der Waals surface area (Å²) in [6.45, 7) is 2.48. The lowest BCUT2D eigenvalue weighted by atomic mass is 10.1. The van der Waals surface area contributed by atoms with Crippen LogP contribution in [0.15, 0.2) is 72.8 Å². The number of anilines is 2. The van der Waals surface area contributed by atoms with Gasteiger partial charge in [0.25, 0.3) is 11.8 Å². The van der Waals surface area contributed by atoms with Gasteiger partial charge in [0.2, 0.25) is 5.91 Å². The highest BCUT2D eigenvalue weighted by Crippen LogP contribution is 2.30. The number of para-hydroxylation sites is 1. The number of ether oxygens (including phenoxy) is 1. The van der Waals surface area contributed by atoms with E-state index in [4.69, 9.17) is 4.74 Å². The quantitative estimate of drug-likeness (QED) is 0.579. The molecule has 156 valence electrons. The minimum atomic E-state index is -0.364. The summed E-state index contributed by atoms with van der Waals surface area (Å²) in [5.74, 6) is -0.107. The van der Waals surface area contributed by atoms with Crippen molar-refractivity contribution in [2.45, 2.75) is 19.8 Å².